The average molecular weight is 172 g/mol. The van der Waals surface area contributed by atoms with Gasteiger partial charge in [0, 0.05) is 0 Å². The summed E-state index contributed by atoms with van der Waals surface area (Å²) in [5, 5.41) is 2.99. The van der Waals surface area contributed by atoms with Crippen LogP contribution in [0, 0.1) is 11.6 Å². The molecular weight excluding hydrogens is 169 g/mol. The van der Waals surface area contributed by atoms with E-state index in [1.54, 1.807) is 0 Å². The molecule has 12 heavy (non-hydrogen) atoms. The summed E-state index contributed by atoms with van der Waals surface area (Å²) in [7, 11) is 0. The number of hydrogen-bond donors (Lipinski definition) is 0. The van der Waals surface area contributed by atoms with Crippen molar-refractivity contribution in [3.8, 4) is 0 Å². The second kappa shape index (κ2) is 2.23. The molecule has 0 bridgehead atoms. The van der Waals surface area contributed by atoms with Crippen LogP contribution < -0.4 is 0 Å². The highest BCUT2D eigenvalue weighted by Crippen LogP contribution is 2.19. The summed E-state index contributed by atoms with van der Waals surface area (Å²) in [5.41, 5.74) is -0.0751. The first-order chi connectivity index (χ1) is 5.70. The Kier molecular flexibility index (Phi) is 1.33. The van der Waals surface area contributed by atoms with E-state index in [1.165, 1.54) is 0 Å². The first-order valence-corrected chi connectivity index (χ1v) is 3.18. The lowest BCUT2D eigenvalue weighted by molar-refractivity contribution is 0.332. The molecule has 2 nitrogen and oxygen atoms in total. The predicted molar refractivity (Wildman–Crippen MR) is 36.2 cm³/mol. The largest absolute Gasteiger partial charge is 0.204 e. The van der Waals surface area contributed by atoms with Crippen molar-refractivity contribution in [3.05, 3.63) is 30.0 Å². The Morgan fingerprint density at radius 2 is 2.00 bits per heavy atom. The molecule has 0 spiro atoms. The van der Waals surface area contributed by atoms with E-state index in [0.29, 0.717) is 0 Å². The number of hydrogen-bond acceptors (Lipinski definition) is 1. The lowest BCUT2D eigenvalue weighted by atomic mass is 10.2. The summed E-state index contributed by atoms with van der Waals surface area (Å²) < 4.78 is 37.9. The van der Waals surface area contributed by atoms with Gasteiger partial charge in [0.15, 0.2) is 11.6 Å². The van der Waals surface area contributed by atoms with Crippen molar-refractivity contribution >= 4 is 10.9 Å². The number of halogens is 3. The molecule has 1 aromatic heterocycles. The summed E-state index contributed by atoms with van der Waals surface area (Å²) in [6.07, 6.45) is 0.938. The molecule has 62 valence electrons. The second-order valence-electron chi connectivity index (χ2n) is 2.30. The molecule has 0 aliphatic rings. The van der Waals surface area contributed by atoms with Crippen molar-refractivity contribution in [1.82, 2.24) is 10.0 Å². The van der Waals surface area contributed by atoms with E-state index in [4.69, 9.17) is 0 Å². The van der Waals surface area contributed by atoms with Crippen LogP contribution in [0.2, 0.25) is 0 Å². The van der Waals surface area contributed by atoms with Gasteiger partial charge >= 0.3 is 0 Å². The standard InChI is InChI=1S/C7H3F3N2/c8-5-1-2-6-4(7(5)9)3-11-12(6)10/h1-3H. The Bertz CT molecular complexity index is 435. The van der Waals surface area contributed by atoms with E-state index in [9.17, 15) is 13.3 Å². The zero-order valence-electron chi connectivity index (χ0n) is 5.76. The normalized spacial score (nSPS) is 10.9. The molecule has 0 radical (unpaired) electrons. The molecule has 1 heterocycles. The van der Waals surface area contributed by atoms with Crippen molar-refractivity contribution in [2.24, 2.45) is 0 Å². The van der Waals surface area contributed by atoms with Crippen LogP contribution in [0.4, 0.5) is 13.3 Å². The number of fused-ring (bicyclic) bond motifs is 1. The van der Waals surface area contributed by atoms with Gasteiger partial charge in [-0.25, -0.2) is 8.78 Å². The van der Waals surface area contributed by atoms with Gasteiger partial charge in [-0.15, -0.1) is 5.10 Å². The second-order valence-corrected chi connectivity index (χ2v) is 2.30. The molecule has 0 saturated heterocycles. The molecule has 0 aliphatic carbocycles. The van der Waals surface area contributed by atoms with Crippen molar-refractivity contribution < 1.29 is 13.3 Å². The van der Waals surface area contributed by atoms with Crippen molar-refractivity contribution in [2.45, 2.75) is 0 Å². The van der Waals surface area contributed by atoms with Gasteiger partial charge in [0.05, 0.1) is 11.6 Å². The fourth-order valence-corrected chi connectivity index (χ4v) is 1.01. The monoisotopic (exact) mass is 172 g/mol. The molecule has 2 aromatic rings. The zero-order chi connectivity index (χ0) is 8.72. The smallest absolute Gasteiger partial charge is 0.169 e. The van der Waals surface area contributed by atoms with Crippen LogP contribution in [-0.2, 0) is 0 Å². The Labute approximate surface area is 65.2 Å². The molecule has 0 unspecified atom stereocenters. The Morgan fingerprint density at radius 1 is 1.25 bits per heavy atom. The molecule has 0 N–H and O–H groups in total. The summed E-state index contributed by atoms with van der Waals surface area (Å²) in [6, 6.07) is 1.98. The Hall–Kier alpha value is -1.52. The number of aromatic nitrogens is 2. The van der Waals surface area contributed by atoms with Crippen LogP contribution >= 0.6 is 0 Å². The van der Waals surface area contributed by atoms with Gasteiger partial charge in [0.1, 0.15) is 5.52 Å². The number of benzene rings is 1. The van der Waals surface area contributed by atoms with Crippen LogP contribution in [0.25, 0.3) is 10.9 Å². The maximum atomic E-state index is 12.8. The van der Waals surface area contributed by atoms with E-state index < -0.39 is 11.6 Å². The van der Waals surface area contributed by atoms with Gasteiger partial charge in [-0.2, -0.15) is 0 Å². The van der Waals surface area contributed by atoms with E-state index in [1.807, 2.05) is 0 Å². The topological polar surface area (TPSA) is 17.8 Å². The minimum atomic E-state index is -1.07. The van der Waals surface area contributed by atoms with Crippen LogP contribution in [0.3, 0.4) is 0 Å². The third-order valence-electron chi connectivity index (χ3n) is 1.60. The van der Waals surface area contributed by atoms with Crippen molar-refractivity contribution in [1.29, 1.82) is 0 Å². The van der Waals surface area contributed by atoms with Crippen LogP contribution in [0.1, 0.15) is 0 Å². The summed E-state index contributed by atoms with van der Waals surface area (Å²) in [4.78, 5) is -0.00213. The maximum absolute atomic E-state index is 12.8. The van der Waals surface area contributed by atoms with Gasteiger partial charge in [-0.1, -0.05) is 9.39 Å². The molecule has 0 atom stereocenters. The Balaban J connectivity index is 2.93. The molecule has 5 heteroatoms. The minimum absolute atomic E-state index is 0.00213. The van der Waals surface area contributed by atoms with Crippen LogP contribution in [-0.4, -0.2) is 10.0 Å². The van der Waals surface area contributed by atoms with E-state index in [2.05, 4.69) is 5.10 Å². The highest BCUT2D eigenvalue weighted by Gasteiger charge is 2.10. The van der Waals surface area contributed by atoms with Gasteiger partial charge < -0.3 is 0 Å². The third-order valence-corrected chi connectivity index (χ3v) is 1.60. The van der Waals surface area contributed by atoms with Crippen LogP contribution in [0.15, 0.2) is 18.3 Å². The maximum Gasteiger partial charge on any atom is 0.169 e. The van der Waals surface area contributed by atoms with Crippen LogP contribution in [0.5, 0.6) is 0 Å². The molecule has 1 aromatic carbocycles. The first-order valence-electron chi connectivity index (χ1n) is 3.18. The molecule has 0 fully saturated rings. The fraction of sp³-hybridized carbons (Fsp3) is 0. The fourth-order valence-electron chi connectivity index (χ4n) is 1.01. The first kappa shape index (κ1) is 7.15. The highest BCUT2D eigenvalue weighted by atomic mass is 19.2. The summed E-state index contributed by atoms with van der Waals surface area (Å²) in [6.45, 7) is 0. The van der Waals surface area contributed by atoms with E-state index in [-0.39, 0.29) is 15.8 Å². The molecular formula is C7H3F3N2. The average Bonchev–Trinajstić information content (AvgIpc) is 2.41. The third kappa shape index (κ3) is 0.792. The van der Waals surface area contributed by atoms with Gasteiger partial charge in [-0.05, 0) is 12.1 Å². The number of nitrogens with zero attached hydrogens (tertiary/aromatic N) is 2. The molecule has 0 saturated carbocycles. The predicted octanol–water partition coefficient (Wildman–Crippen LogP) is 2.05. The van der Waals surface area contributed by atoms with E-state index >= 15 is 0 Å². The van der Waals surface area contributed by atoms with Gasteiger partial charge in [0.2, 0.25) is 0 Å². The lowest BCUT2D eigenvalue weighted by Gasteiger charge is -1.92. The molecule has 0 aliphatic heterocycles. The minimum Gasteiger partial charge on any atom is -0.204 e. The highest BCUT2D eigenvalue weighted by molar-refractivity contribution is 5.78. The summed E-state index contributed by atoms with van der Waals surface area (Å²) >= 11 is 0. The number of rotatable bonds is 0. The summed E-state index contributed by atoms with van der Waals surface area (Å²) in [5.74, 6) is -2.08. The van der Waals surface area contributed by atoms with Crippen molar-refractivity contribution in [2.75, 3.05) is 0 Å². The van der Waals surface area contributed by atoms with E-state index in [0.717, 1.165) is 18.3 Å². The molecule has 2 rings (SSSR count). The quantitative estimate of drug-likeness (QED) is 0.594. The van der Waals surface area contributed by atoms with Gasteiger partial charge in [-0.3, -0.25) is 0 Å². The zero-order valence-corrected chi connectivity index (χ0v) is 5.76. The van der Waals surface area contributed by atoms with Gasteiger partial charge in [0.25, 0.3) is 0 Å². The lowest BCUT2D eigenvalue weighted by Crippen LogP contribution is -1.86. The Morgan fingerprint density at radius 3 is 2.75 bits per heavy atom. The SMILES string of the molecule is Fc1ccc2c(cnn2F)c1F. The molecule has 0 amide bonds. The van der Waals surface area contributed by atoms with Crippen molar-refractivity contribution in [3.63, 3.8) is 0 Å².